The topological polar surface area (TPSA) is 58.6 Å². The molecule has 0 amide bonds. The van der Waals surface area contributed by atoms with Crippen LogP contribution in [0.2, 0.25) is 0 Å². The summed E-state index contributed by atoms with van der Waals surface area (Å²) in [5.41, 5.74) is 1.53. The summed E-state index contributed by atoms with van der Waals surface area (Å²) in [6.07, 6.45) is 4.77. The lowest BCUT2D eigenvalue weighted by Gasteiger charge is -2.29. The summed E-state index contributed by atoms with van der Waals surface area (Å²) in [5.74, 6) is 0.534. The summed E-state index contributed by atoms with van der Waals surface area (Å²) in [5, 5.41) is 0. The summed E-state index contributed by atoms with van der Waals surface area (Å²) >= 11 is 0. The molecular formula is C13H20N2O3S. The van der Waals surface area contributed by atoms with Gasteiger partial charge in [-0.05, 0) is 37.5 Å². The molecule has 0 aromatic heterocycles. The third-order valence-corrected chi connectivity index (χ3v) is 3.79. The number of sulfonamides is 1. The first-order valence-corrected chi connectivity index (χ1v) is 8.29. The molecule has 1 aromatic carbocycles. The average molecular weight is 284 g/mol. The molecule has 1 N–H and O–H groups in total. The van der Waals surface area contributed by atoms with Crippen LogP contribution in [0.5, 0.6) is 5.75 Å². The normalized spacial score (nSPS) is 16.2. The van der Waals surface area contributed by atoms with Crippen LogP contribution in [0.3, 0.4) is 0 Å². The van der Waals surface area contributed by atoms with E-state index in [0.29, 0.717) is 11.4 Å². The van der Waals surface area contributed by atoms with Crippen LogP contribution >= 0.6 is 0 Å². The Morgan fingerprint density at radius 3 is 2.47 bits per heavy atom. The molecule has 0 aliphatic carbocycles. The zero-order chi connectivity index (χ0) is 13.9. The minimum Gasteiger partial charge on any atom is -0.495 e. The lowest BCUT2D eigenvalue weighted by atomic mass is 10.1. The number of anilines is 2. The molecular weight excluding hydrogens is 264 g/mol. The predicted octanol–water partition coefficient (Wildman–Crippen LogP) is 2.06. The van der Waals surface area contributed by atoms with Gasteiger partial charge in [-0.3, -0.25) is 4.72 Å². The molecule has 1 saturated heterocycles. The van der Waals surface area contributed by atoms with Crippen molar-refractivity contribution in [2.45, 2.75) is 19.3 Å². The van der Waals surface area contributed by atoms with Gasteiger partial charge < -0.3 is 9.64 Å². The second-order valence-electron chi connectivity index (χ2n) is 4.81. The molecule has 0 atom stereocenters. The Labute approximate surface area is 114 Å². The molecule has 19 heavy (non-hydrogen) atoms. The summed E-state index contributed by atoms with van der Waals surface area (Å²) in [4.78, 5) is 2.27. The van der Waals surface area contributed by atoms with Crippen molar-refractivity contribution in [3.05, 3.63) is 18.2 Å². The minimum atomic E-state index is -3.31. The Bertz CT molecular complexity index is 537. The Kier molecular flexibility index (Phi) is 4.19. The van der Waals surface area contributed by atoms with Crippen molar-refractivity contribution in [1.82, 2.24) is 0 Å². The highest BCUT2D eigenvalue weighted by molar-refractivity contribution is 7.92. The van der Waals surface area contributed by atoms with Crippen LogP contribution in [0.1, 0.15) is 19.3 Å². The van der Waals surface area contributed by atoms with Crippen LogP contribution in [0.15, 0.2) is 18.2 Å². The highest BCUT2D eigenvalue weighted by Crippen LogP contribution is 2.31. The number of hydrogen-bond donors (Lipinski definition) is 1. The fraction of sp³-hybridized carbons (Fsp3) is 0.538. The smallest absolute Gasteiger partial charge is 0.229 e. The van der Waals surface area contributed by atoms with Gasteiger partial charge in [0.15, 0.2) is 0 Å². The highest BCUT2D eigenvalue weighted by atomic mass is 32.2. The average Bonchev–Trinajstić information content (AvgIpc) is 2.38. The van der Waals surface area contributed by atoms with Gasteiger partial charge in [-0.1, -0.05) is 0 Å². The van der Waals surface area contributed by atoms with Crippen LogP contribution in [0, 0.1) is 0 Å². The number of benzene rings is 1. The summed E-state index contributed by atoms with van der Waals surface area (Å²) in [7, 11) is -1.77. The van der Waals surface area contributed by atoms with Crippen molar-refractivity contribution in [2.75, 3.05) is 36.1 Å². The molecule has 0 bridgehead atoms. The fourth-order valence-corrected chi connectivity index (χ4v) is 2.88. The maximum atomic E-state index is 11.4. The zero-order valence-corrected chi connectivity index (χ0v) is 12.2. The quantitative estimate of drug-likeness (QED) is 0.919. The van der Waals surface area contributed by atoms with Gasteiger partial charge in [-0.25, -0.2) is 8.42 Å². The first kappa shape index (κ1) is 14.0. The van der Waals surface area contributed by atoms with Crippen LogP contribution in [0.25, 0.3) is 0 Å². The largest absolute Gasteiger partial charge is 0.495 e. The summed E-state index contributed by atoms with van der Waals surface area (Å²) < 4.78 is 30.4. The van der Waals surface area contributed by atoms with E-state index in [9.17, 15) is 8.42 Å². The fourth-order valence-electron chi connectivity index (χ4n) is 2.32. The van der Waals surface area contributed by atoms with Crippen LogP contribution in [-0.2, 0) is 10.0 Å². The Morgan fingerprint density at radius 2 is 1.89 bits per heavy atom. The standard InChI is InChI=1S/C13H20N2O3S/c1-18-13-7-6-11(15-8-4-3-5-9-15)10-12(13)14-19(2,16)17/h6-7,10,14H,3-5,8-9H2,1-2H3. The molecule has 106 valence electrons. The second-order valence-corrected chi connectivity index (χ2v) is 6.55. The van der Waals surface area contributed by atoms with E-state index in [0.717, 1.165) is 25.0 Å². The maximum absolute atomic E-state index is 11.4. The monoisotopic (exact) mass is 284 g/mol. The minimum absolute atomic E-state index is 0.494. The van der Waals surface area contributed by atoms with Crippen LogP contribution in [-0.4, -0.2) is 34.9 Å². The first-order chi connectivity index (χ1) is 8.99. The van der Waals surface area contributed by atoms with Crippen molar-refractivity contribution >= 4 is 21.4 Å². The van der Waals surface area contributed by atoms with Crippen LogP contribution in [0.4, 0.5) is 11.4 Å². The van der Waals surface area contributed by atoms with Gasteiger partial charge in [0.25, 0.3) is 0 Å². The van der Waals surface area contributed by atoms with Crippen molar-refractivity contribution in [1.29, 1.82) is 0 Å². The molecule has 1 aliphatic rings. The van der Waals surface area contributed by atoms with Gasteiger partial charge in [0.05, 0.1) is 19.1 Å². The van der Waals surface area contributed by atoms with Gasteiger partial charge >= 0.3 is 0 Å². The summed E-state index contributed by atoms with van der Waals surface area (Å²) in [6, 6.07) is 5.61. The Morgan fingerprint density at radius 1 is 1.21 bits per heavy atom. The third-order valence-electron chi connectivity index (χ3n) is 3.20. The molecule has 5 nitrogen and oxygen atoms in total. The number of ether oxygens (including phenoxy) is 1. The van der Waals surface area contributed by atoms with Gasteiger partial charge in [0.1, 0.15) is 5.75 Å². The van der Waals surface area contributed by atoms with E-state index in [-0.39, 0.29) is 0 Å². The van der Waals surface area contributed by atoms with Crippen molar-refractivity contribution in [3.63, 3.8) is 0 Å². The van der Waals surface area contributed by atoms with Crippen molar-refractivity contribution < 1.29 is 13.2 Å². The molecule has 0 radical (unpaired) electrons. The Balaban J connectivity index is 2.29. The molecule has 1 aliphatic heterocycles. The molecule has 1 fully saturated rings. The lowest BCUT2D eigenvalue weighted by molar-refractivity contribution is 0.417. The van der Waals surface area contributed by atoms with E-state index in [1.54, 1.807) is 6.07 Å². The molecule has 0 saturated carbocycles. The lowest BCUT2D eigenvalue weighted by Crippen LogP contribution is -2.29. The molecule has 2 rings (SSSR count). The van der Waals surface area contributed by atoms with Gasteiger partial charge in [0, 0.05) is 18.8 Å². The molecule has 1 aromatic rings. The number of nitrogens with zero attached hydrogens (tertiary/aromatic N) is 1. The van der Waals surface area contributed by atoms with E-state index in [1.165, 1.54) is 26.4 Å². The number of nitrogens with one attached hydrogen (secondary N) is 1. The zero-order valence-electron chi connectivity index (χ0n) is 11.3. The van der Waals surface area contributed by atoms with Crippen molar-refractivity contribution in [3.8, 4) is 5.75 Å². The number of methoxy groups -OCH3 is 1. The number of piperidine rings is 1. The first-order valence-electron chi connectivity index (χ1n) is 6.40. The summed E-state index contributed by atoms with van der Waals surface area (Å²) in [6.45, 7) is 2.04. The predicted molar refractivity (Wildman–Crippen MR) is 77.5 cm³/mol. The molecule has 0 spiro atoms. The van der Waals surface area contributed by atoms with E-state index >= 15 is 0 Å². The molecule has 1 heterocycles. The third kappa shape index (κ3) is 3.76. The van der Waals surface area contributed by atoms with Gasteiger partial charge in [-0.2, -0.15) is 0 Å². The van der Waals surface area contributed by atoms with E-state index in [1.807, 2.05) is 12.1 Å². The molecule has 0 unspecified atom stereocenters. The second kappa shape index (κ2) is 5.69. The molecule has 6 heteroatoms. The van der Waals surface area contributed by atoms with E-state index in [2.05, 4.69) is 9.62 Å². The van der Waals surface area contributed by atoms with Gasteiger partial charge in [0.2, 0.25) is 10.0 Å². The van der Waals surface area contributed by atoms with E-state index < -0.39 is 10.0 Å². The van der Waals surface area contributed by atoms with Crippen LogP contribution < -0.4 is 14.4 Å². The highest BCUT2D eigenvalue weighted by Gasteiger charge is 2.14. The Hall–Kier alpha value is -1.43. The van der Waals surface area contributed by atoms with Gasteiger partial charge in [-0.15, -0.1) is 0 Å². The maximum Gasteiger partial charge on any atom is 0.229 e. The SMILES string of the molecule is COc1ccc(N2CCCCC2)cc1NS(C)(=O)=O. The van der Waals surface area contributed by atoms with E-state index in [4.69, 9.17) is 4.74 Å². The van der Waals surface area contributed by atoms with Crippen molar-refractivity contribution in [2.24, 2.45) is 0 Å². The number of hydrogen-bond acceptors (Lipinski definition) is 4. The number of rotatable bonds is 4.